The van der Waals surface area contributed by atoms with Gasteiger partial charge in [-0.3, -0.25) is 0 Å². The Labute approximate surface area is 262 Å². The molecule has 7 aromatic carbocycles. The second-order valence-electron chi connectivity index (χ2n) is 11.9. The second-order valence-corrected chi connectivity index (χ2v) is 11.9. The first kappa shape index (κ1) is 25.6. The van der Waals surface area contributed by atoms with Gasteiger partial charge in [0.25, 0.3) is 0 Å². The van der Waals surface area contributed by atoms with Gasteiger partial charge in [-0.15, -0.1) is 0 Å². The van der Waals surface area contributed by atoms with Crippen LogP contribution in [0.5, 0.6) is 0 Å². The highest BCUT2D eigenvalue weighted by Crippen LogP contribution is 2.38. The minimum absolute atomic E-state index is 1.18. The summed E-state index contributed by atoms with van der Waals surface area (Å²) in [5.74, 6) is 0. The van der Waals surface area contributed by atoms with Gasteiger partial charge in [-0.05, 0) is 102 Å². The molecule has 0 spiro atoms. The molecule has 0 aliphatic rings. The topological polar surface area (TPSA) is 9.86 Å². The molecule has 2 heteroatoms. The quantitative estimate of drug-likeness (QED) is 0.198. The first-order chi connectivity index (χ1) is 22.2. The van der Waals surface area contributed by atoms with Gasteiger partial charge in [-0.1, -0.05) is 96.6 Å². The van der Waals surface area contributed by atoms with Gasteiger partial charge in [0.1, 0.15) is 0 Å². The minimum atomic E-state index is 1.18. The van der Waals surface area contributed by atoms with Crippen LogP contribution in [-0.2, 0) is 0 Å². The molecule has 2 heterocycles. The van der Waals surface area contributed by atoms with Crippen LogP contribution in [0, 0.1) is 6.92 Å². The predicted molar refractivity (Wildman–Crippen MR) is 191 cm³/mol. The lowest BCUT2D eigenvalue weighted by atomic mass is 9.97. The van der Waals surface area contributed by atoms with Crippen LogP contribution in [0.3, 0.4) is 0 Å². The maximum atomic E-state index is 2.38. The van der Waals surface area contributed by atoms with Crippen molar-refractivity contribution in [3.8, 4) is 33.6 Å². The van der Waals surface area contributed by atoms with E-state index in [1.165, 1.54) is 82.8 Å². The average molecular weight is 575 g/mol. The van der Waals surface area contributed by atoms with Gasteiger partial charge in [-0.2, -0.15) is 0 Å². The molecule has 0 saturated heterocycles. The van der Waals surface area contributed by atoms with E-state index in [0.29, 0.717) is 0 Å². The van der Waals surface area contributed by atoms with Crippen LogP contribution in [0.4, 0.5) is 0 Å². The predicted octanol–water partition coefficient (Wildman–Crippen LogP) is 11.5. The molecule has 9 rings (SSSR count). The highest BCUT2D eigenvalue weighted by atomic mass is 15.0. The molecular weight excluding hydrogens is 544 g/mol. The molecule has 2 aromatic heterocycles. The number of rotatable bonds is 4. The SMILES string of the molecule is Cc1ccc2c(c1)c1cc(-c3cccc(-c4ccc5c(c4)c4ccccc4n5-c4ccccc4)c3)ccc1n2-c1ccccc1. The number of fused-ring (bicyclic) bond motifs is 6. The summed E-state index contributed by atoms with van der Waals surface area (Å²) in [5, 5.41) is 5.09. The van der Waals surface area contributed by atoms with Gasteiger partial charge in [0.05, 0.1) is 22.1 Å². The summed E-state index contributed by atoms with van der Waals surface area (Å²) in [4.78, 5) is 0. The molecule has 0 radical (unpaired) electrons. The Morgan fingerprint density at radius 2 is 0.756 bits per heavy atom. The van der Waals surface area contributed by atoms with Crippen molar-refractivity contribution in [2.24, 2.45) is 0 Å². The van der Waals surface area contributed by atoms with Crippen molar-refractivity contribution in [1.29, 1.82) is 0 Å². The smallest absolute Gasteiger partial charge is 0.0541 e. The van der Waals surface area contributed by atoms with E-state index in [-0.39, 0.29) is 0 Å². The van der Waals surface area contributed by atoms with Crippen molar-refractivity contribution in [3.63, 3.8) is 0 Å². The van der Waals surface area contributed by atoms with E-state index in [9.17, 15) is 0 Å². The van der Waals surface area contributed by atoms with E-state index in [0.717, 1.165) is 0 Å². The van der Waals surface area contributed by atoms with Crippen molar-refractivity contribution < 1.29 is 0 Å². The third-order valence-electron chi connectivity index (χ3n) is 9.15. The van der Waals surface area contributed by atoms with Crippen LogP contribution in [0.1, 0.15) is 5.56 Å². The van der Waals surface area contributed by atoms with Crippen molar-refractivity contribution >= 4 is 43.6 Å². The lowest BCUT2D eigenvalue weighted by Crippen LogP contribution is -1.93. The molecule has 0 fully saturated rings. The molecule has 212 valence electrons. The maximum absolute atomic E-state index is 2.38. The number of benzene rings is 7. The van der Waals surface area contributed by atoms with Gasteiger partial charge in [0, 0.05) is 32.9 Å². The highest BCUT2D eigenvalue weighted by Gasteiger charge is 2.15. The van der Waals surface area contributed by atoms with Crippen LogP contribution >= 0.6 is 0 Å². The molecule has 0 N–H and O–H groups in total. The van der Waals surface area contributed by atoms with Crippen molar-refractivity contribution in [3.05, 3.63) is 169 Å². The lowest BCUT2D eigenvalue weighted by molar-refractivity contribution is 1.18. The number of hydrogen-bond acceptors (Lipinski definition) is 0. The summed E-state index contributed by atoms with van der Waals surface area (Å²) >= 11 is 0. The third-order valence-corrected chi connectivity index (χ3v) is 9.15. The van der Waals surface area contributed by atoms with E-state index in [1.54, 1.807) is 0 Å². The average Bonchev–Trinajstić information content (AvgIpc) is 3.61. The van der Waals surface area contributed by atoms with E-state index in [2.05, 4.69) is 180 Å². The van der Waals surface area contributed by atoms with Crippen LogP contribution in [0.15, 0.2) is 164 Å². The van der Waals surface area contributed by atoms with Crippen LogP contribution in [-0.4, -0.2) is 9.13 Å². The molecule has 0 amide bonds. The molecule has 9 aromatic rings. The molecule has 45 heavy (non-hydrogen) atoms. The monoisotopic (exact) mass is 574 g/mol. The summed E-state index contributed by atoms with van der Waals surface area (Å²) < 4.78 is 4.75. The minimum Gasteiger partial charge on any atom is -0.309 e. The van der Waals surface area contributed by atoms with E-state index >= 15 is 0 Å². The van der Waals surface area contributed by atoms with E-state index in [4.69, 9.17) is 0 Å². The van der Waals surface area contributed by atoms with Gasteiger partial charge in [-0.25, -0.2) is 0 Å². The first-order valence-corrected chi connectivity index (χ1v) is 15.5. The molecule has 0 unspecified atom stereocenters. The highest BCUT2D eigenvalue weighted by molar-refractivity contribution is 6.12. The number of aromatic nitrogens is 2. The summed E-state index contributed by atoms with van der Waals surface area (Å²) in [6.45, 7) is 2.17. The second kappa shape index (κ2) is 10.1. The molecule has 0 aliphatic heterocycles. The Hall–Kier alpha value is -5.86. The van der Waals surface area contributed by atoms with E-state index < -0.39 is 0 Å². The van der Waals surface area contributed by atoms with Gasteiger partial charge < -0.3 is 9.13 Å². The van der Waals surface area contributed by atoms with Crippen LogP contribution < -0.4 is 0 Å². The number of aryl methyl sites for hydroxylation is 1. The fraction of sp³-hybridized carbons (Fsp3) is 0.0233. The molecule has 0 saturated carbocycles. The zero-order valence-corrected chi connectivity index (χ0v) is 25.0. The summed E-state index contributed by atoms with van der Waals surface area (Å²) in [6.07, 6.45) is 0. The lowest BCUT2D eigenvalue weighted by Gasteiger charge is -2.10. The third kappa shape index (κ3) is 4.11. The number of hydrogen-bond donors (Lipinski definition) is 0. The first-order valence-electron chi connectivity index (χ1n) is 15.5. The fourth-order valence-electron chi connectivity index (χ4n) is 7.06. The standard InChI is InChI=1S/C43H30N2/c1-29-19-22-41-37(25-29)39-28-33(21-24-43(39)45(41)35-15-6-3-7-16-35)31-12-10-11-30(26-31)32-20-23-42-38(27-32)36-17-8-9-18-40(36)44(42)34-13-4-2-5-14-34/h2-28H,1H3. The van der Waals surface area contributed by atoms with Gasteiger partial charge in [0.2, 0.25) is 0 Å². The van der Waals surface area contributed by atoms with Gasteiger partial charge in [0.15, 0.2) is 0 Å². The molecule has 0 bridgehead atoms. The fourth-order valence-corrected chi connectivity index (χ4v) is 7.06. The number of nitrogens with zero attached hydrogens (tertiary/aromatic N) is 2. The zero-order valence-electron chi connectivity index (χ0n) is 25.0. The van der Waals surface area contributed by atoms with E-state index in [1.807, 2.05) is 0 Å². The van der Waals surface area contributed by atoms with Crippen molar-refractivity contribution in [2.45, 2.75) is 6.92 Å². The van der Waals surface area contributed by atoms with Crippen molar-refractivity contribution in [1.82, 2.24) is 9.13 Å². The maximum Gasteiger partial charge on any atom is 0.0541 e. The normalized spacial score (nSPS) is 11.7. The Morgan fingerprint density at radius 3 is 1.36 bits per heavy atom. The molecule has 2 nitrogen and oxygen atoms in total. The largest absolute Gasteiger partial charge is 0.309 e. The summed E-state index contributed by atoms with van der Waals surface area (Å²) in [5.41, 5.74) is 13.4. The molecule has 0 aliphatic carbocycles. The van der Waals surface area contributed by atoms with Crippen molar-refractivity contribution in [2.75, 3.05) is 0 Å². The molecule has 0 atom stereocenters. The Bertz CT molecular complexity index is 2530. The Balaban J connectivity index is 1.19. The Kier molecular flexibility index (Phi) is 5.76. The summed E-state index contributed by atoms with van der Waals surface area (Å²) in [7, 11) is 0. The van der Waals surface area contributed by atoms with Crippen LogP contribution in [0.25, 0.3) is 77.2 Å². The zero-order chi connectivity index (χ0) is 29.9. The van der Waals surface area contributed by atoms with Crippen LogP contribution in [0.2, 0.25) is 0 Å². The van der Waals surface area contributed by atoms with Gasteiger partial charge >= 0.3 is 0 Å². The molecular formula is C43H30N2. The summed E-state index contributed by atoms with van der Waals surface area (Å²) in [6, 6.07) is 59.6. The number of para-hydroxylation sites is 3. The Morgan fingerprint density at radius 1 is 0.311 bits per heavy atom.